The molecule has 0 spiro atoms. The SMILES string of the molecule is COc1ccccc1NC(=O)CN1C(=O)S/C(=C/c2cc(I)c(OCc3ccccc3)c(OC)c2)C1=O. The Morgan fingerprint density at radius 3 is 2.43 bits per heavy atom. The Hall–Kier alpha value is -3.51. The van der Waals surface area contributed by atoms with Crippen LogP contribution in [0.3, 0.4) is 0 Å². The molecular weight excluding hydrogens is 607 g/mol. The van der Waals surface area contributed by atoms with Crippen molar-refractivity contribution in [1.29, 1.82) is 0 Å². The Morgan fingerprint density at radius 1 is 1.00 bits per heavy atom. The predicted octanol–water partition coefficient (Wildman–Crippen LogP) is 5.56. The molecule has 0 unspecified atom stereocenters. The molecule has 0 aromatic heterocycles. The monoisotopic (exact) mass is 630 g/mol. The number of anilines is 1. The van der Waals surface area contributed by atoms with E-state index < -0.39 is 23.6 Å². The van der Waals surface area contributed by atoms with E-state index in [9.17, 15) is 14.4 Å². The summed E-state index contributed by atoms with van der Waals surface area (Å²) in [5, 5.41) is 2.16. The molecule has 10 heteroatoms. The number of hydrogen-bond acceptors (Lipinski definition) is 7. The number of nitrogens with zero attached hydrogens (tertiary/aromatic N) is 1. The molecule has 1 aliphatic rings. The van der Waals surface area contributed by atoms with E-state index in [-0.39, 0.29) is 4.91 Å². The lowest BCUT2D eigenvalue weighted by atomic mass is 10.1. The van der Waals surface area contributed by atoms with E-state index in [1.54, 1.807) is 43.5 Å². The summed E-state index contributed by atoms with van der Waals surface area (Å²) in [4.78, 5) is 39.2. The standard InChI is InChI=1S/C27H23IN2O6S/c1-34-21-11-7-6-10-20(21)29-24(31)15-30-26(32)23(37-27(30)33)14-18-12-19(28)25(22(13-18)35-2)36-16-17-8-4-3-5-9-17/h3-14H,15-16H2,1-2H3,(H,29,31)/b23-14+. The highest BCUT2D eigenvalue weighted by atomic mass is 127. The number of carbonyl (C=O) groups is 3. The zero-order chi connectivity index (χ0) is 26.4. The lowest BCUT2D eigenvalue weighted by molar-refractivity contribution is -0.127. The smallest absolute Gasteiger partial charge is 0.294 e. The van der Waals surface area contributed by atoms with Crippen molar-refractivity contribution in [2.24, 2.45) is 0 Å². The fourth-order valence-corrected chi connectivity index (χ4v) is 5.18. The van der Waals surface area contributed by atoms with Crippen LogP contribution in [-0.4, -0.2) is 42.7 Å². The molecule has 1 aliphatic heterocycles. The quantitative estimate of drug-likeness (QED) is 0.245. The minimum Gasteiger partial charge on any atom is -0.495 e. The first-order chi connectivity index (χ1) is 17.9. The van der Waals surface area contributed by atoms with Gasteiger partial charge >= 0.3 is 0 Å². The van der Waals surface area contributed by atoms with Crippen LogP contribution in [0.5, 0.6) is 17.2 Å². The molecule has 37 heavy (non-hydrogen) atoms. The molecular formula is C27H23IN2O6S. The number of halogens is 1. The zero-order valence-corrected chi connectivity index (χ0v) is 23.0. The van der Waals surface area contributed by atoms with Crippen LogP contribution in [0.1, 0.15) is 11.1 Å². The highest BCUT2D eigenvalue weighted by molar-refractivity contribution is 14.1. The van der Waals surface area contributed by atoms with Gasteiger partial charge in [-0.2, -0.15) is 0 Å². The highest BCUT2D eigenvalue weighted by Gasteiger charge is 2.36. The number of thioether (sulfide) groups is 1. The summed E-state index contributed by atoms with van der Waals surface area (Å²) in [5.74, 6) is 0.520. The van der Waals surface area contributed by atoms with Gasteiger partial charge in [0.25, 0.3) is 11.1 Å². The van der Waals surface area contributed by atoms with Gasteiger partial charge in [0.15, 0.2) is 11.5 Å². The van der Waals surface area contributed by atoms with Crippen molar-refractivity contribution in [3.8, 4) is 17.2 Å². The number of para-hydroxylation sites is 2. The van der Waals surface area contributed by atoms with Gasteiger partial charge in [-0.3, -0.25) is 19.3 Å². The van der Waals surface area contributed by atoms with Gasteiger partial charge < -0.3 is 19.5 Å². The number of nitrogens with one attached hydrogen (secondary N) is 1. The minimum absolute atomic E-state index is 0.214. The van der Waals surface area contributed by atoms with Gasteiger partial charge in [0, 0.05) is 0 Å². The molecule has 0 saturated carbocycles. The van der Waals surface area contributed by atoms with Crippen molar-refractivity contribution in [3.63, 3.8) is 0 Å². The second-order valence-electron chi connectivity index (χ2n) is 7.82. The lowest BCUT2D eigenvalue weighted by Crippen LogP contribution is -2.36. The van der Waals surface area contributed by atoms with Gasteiger partial charge in [-0.15, -0.1) is 0 Å². The van der Waals surface area contributed by atoms with Crippen molar-refractivity contribution in [2.45, 2.75) is 6.61 Å². The van der Waals surface area contributed by atoms with E-state index >= 15 is 0 Å². The number of benzene rings is 3. The van der Waals surface area contributed by atoms with Gasteiger partial charge in [0.05, 0.1) is 28.4 Å². The summed E-state index contributed by atoms with van der Waals surface area (Å²) in [6, 6.07) is 20.2. The Balaban J connectivity index is 1.47. The molecule has 0 atom stereocenters. The molecule has 3 aromatic rings. The number of amides is 3. The molecule has 4 rings (SSSR count). The maximum atomic E-state index is 13.0. The first-order valence-corrected chi connectivity index (χ1v) is 13.0. The molecule has 8 nitrogen and oxygen atoms in total. The number of imide groups is 1. The number of carbonyl (C=O) groups excluding carboxylic acids is 3. The Kier molecular flexibility index (Phi) is 8.72. The minimum atomic E-state index is -0.538. The molecule has 3 amide bonds. The van der Waals surface area contributed by atoms with E-state index in [1.165, 1.54) is 7.11 Å². The van der Waals surface area contributed by atoms with Gasteiger partial charge in [0.1, 0.15) is 18.9 Å². The van der Waals surface area contributed by atoms with Crippen LogP contribution >= 0.6 is 34.4 Å². The van der Waals surface area contributed by atoms with Crippen molar-refractivity contribution >= 4 is 63.2 Å². The zero-order valence-electron chi connectivity index (χ0n) is 20.0. The maximum absolute atomic E-state index is 13.0. The van der Waals surface area contributed by atoms with Gasteiger partial charge in [-0.1, -0.05) is 42.5 Å². The van der Waals surface area contributed by atoms with Crippen LogP contribution in [0.4, 0.5) is 10.5 Å². The Morgan fingerprint density at radius 2 is 1.70 bits per heavy atom. The van der Waals surface area contributed by atoms with Crippen LogP contribution < -0.4 is 19.5 Å². The predicted molar refractivity (Wildman–Crippen MR) is 151 cm³/mol. The van der Waals surface area contributed by atoms with Crippen LogP contribution in [0.25, 0.3) is 6.08 Å². The number of methoxy groups -OCH3 is 2. The van der Waals surface area contributed by atoms with E-state index in [2.05, 4.69) is 27.9 Å². The average molecular weight is 630 g/mol. The van der Waals surface area contributed by atoms with Crippen molar-refractivity contribution in [3.05, 3.63) is 86.3 Å². The van der Waals surface area contributed by atoms with Gasteiger partial charge in [-0.05, 0) is 75.8 Å². The van der Waals surface area contributed by atoms with Crippen LogP contribution in [0.15, 0.2) is 71.6 Å². The van der Waals surface area contributed by atoms with Gasteiger partial charge in [-0.25, -0.2) is 0 Å². The molecule has 1 heterocycles. The van der Waals surface area contributed by atoms with Crippen LogP contribution in [-0.2, 0) is 16.2 Å². The molecule has 1 saturated heterocycles. The summed E-state index contributed by atoms with van der Waals surface area (Å²) < 4.78 is 17.5. The van der Waals surface area contributed by atoms with Crippen LogP contribution in [0.2, 0.25) is 0 Å². The van der Waals surface area contributed by atoms with E-state index in [0.29, 0.717) is 35.1 Å². The first kappa shape index (κ1) is 26.6. The Bertz CT molecular complexity index is 1360. The summed E-state index contributed by atoms with van der Waals surface area (Å²) in [5.41, 5.74) is 2.14. The summed E-state index contributed by atoms with van der Waals surface area (Å²) in [6.45, 7) is -0.0322. The highest BCUT2D eigenvalue weighted by Crippen LogP contribution is 2.37. The lowest BCUT2D eigenvalue weighted by Gasteiger charge is -2.14. The maximum Gasteiger partial charge on any atom is 0.294 e. The normalized spacial score (nSPS) is 14.1. The Labute approximate surface area is 232 Å². The first-order valence-electron chi connectivity index (χ1n) is 11.1. The molecule has 1 fully saturated rings. The van der Waals surface area contributed by atoms with Crippen molar-refractivity contribution < 1.29 is 28.6 Å². The molecule has 0 aliphatic carbocycles. The fourth-order valence-electron chi connectivity index (χ4n) is 3.56. The van der Waals surface area contributed by atoms with Crippen LogP contribution in [0, 0.1) is 3.57 Å². The van der Waals surface area contributed by atoms with Gasteiger partial charge in [0.2, 0.25) is 5.91 Å². The summed E-state index contributed by atoms with van der Waals surface area (Å²) >= 11 is 2.93. The summed E-state index contributed by atoms with van der Waals surface area (Å²) in [6.07, 6.45) is 1.61. The van der Waals surface area contributed by atoms with Crippen molar-refractivity contribution in [1.82, 2.24) is 4.90 Å². The second kappa shape index (κ2) is 12.2. The molecule has 190 valence electrons. The molecule has 0 bridgehead atoms. The van der Waals surface area contributed by atoms with E-state index in [4.69, 9.17) is 14.2 Å². The fraction of sp³-hybridized carbons (Fsp3) is 0.148. The number of rotatable bonds is 9. The van der Waals surface area contributed by atoms with E-state index in [0.717, 1.165) is 25.8 Å². The second-order valence-corrected chi connectivity index (χ2v) is 9.98. The topological polar surface area (TPSA) is 94.2 Å². The van der Waals surface area contributed by atoms with Crippen molar-refractivity contribution in [2.75, 3.05) is 26.1 Å². The molecule has 1 N–H and O–H groups in total. The third-order valence-electron chi connectivity index (χ3n) is 5.33. The number of hydrogen-bond donors (Lipinski definition) is 1. The third-order valence-corrected chi connectivity index (χ3v) is 7.04. The molecule has 0 radical (unpaired) electrons. The largest absolute Gasteiger partial charge is 0.495 e. The molecule has 3 aromatic carbocycles. The number of ether oxygens (including phenoxy) is 3. The summed E-state index contributed by atoms with van der Waals surface area (Å²) in [7, 11) is 3.03. The average Bonchev–Trinajstić information content (AvgIpc) is 3.15. The third kappa shape index (κ3) is 6.44. The van der Waals surface area contributed by atoms with E-state index in [1.807, 2.05) is 36.4 Å².